The van der Waals surface area contributed by atoms with E-state index in [2.05, 4.69) is 15.9 Å². The van der Waals surface area contributed by atoms with Gasteiger partial charge in [0.1, 0.15) is 0 Å². The molecule has 2 rings (SSSR count). The van der Waals surface area contributed by atoms with Crippen LogP contribution in [0.3, 0.4) is 0 Å². The van der Waals surface area contributed by atoms with Crippen molar-refractivity contribution in [2.45, 2.75) is 10.6 Å². The van der Waals surface area contributed by atoms with Crippen molar-refractivity contribution in [3.05, 3.63) is 62.6 Å². The lowest BCUT2D eigenvalue weighted by Gasteiger charge is -2.07. The molecule has 0 heterocycles. The van der Waals surface area contributed by atoms with E-state index >= 15 is 0 Å². The van der Waals surface area contributed by atoms with E-state index in [0.29, 0.717) is 11.3 Å². The van der Waals surface area contributed by atoms with Crippen molar-refractivity contribution in [1.82, 2.24) is 0 Å². The second-order valence-electron chi connectivity index (χ2n) is 4.34. The number of nitrogens with zero attached hydrogens (tertiary/aromatic N) is 1. The molecule has 0 saturated carbocycles. The van der Waals surface area contributed by atoms with Gasteiger partial charge in [-0.2, -0.15) is 0 Å². The molecule has 0 fully saturated rings. The number of anilines is 1. The van der Waals surface area contributed by atoms with Crippen LogP contribution in [0.25, 0.3) is 0 Å². The molecule has 2 N–H and O–H groups in total. The maximum atomic E-state index is 12.3. The van der Waals surface area contributed by atoms with Gasteiger partial charge < -0.3 is 5.73 Å². The van der Waals surface area contributed by atoms with Gasteiger partial charge in [0.05, 0.1) is 20.0 Å². The summed E-state index contributed by atoms with van der Waals surface area (Å²) in [5.41, 5.74) is 6.08. The van der Waals surface area contributed by atoms with Crippen LogP contribution in [0.4, 0.5) is 11.4 Å². The molecule has 0 radical (unpaired) electrons. The highest BCUT2D eigenvalue weighted by Crippen LogP contribution is 2.30. The van der Waals surface area contributed by atoms with Crippen LogP contribution in [0.15, 0.2) is 51.8 Å². The summed E-state index contributed by atoms with van der Waals surface area (Å²) in [7, 11) is -3.63. The van der Waals surface area contributed by atoms with Gasteiger partial charge in [0.2, 0.25) is 0 Å². The van der Waals surface area contributed by atoms with Gasteiger partial charge in [0.15, 0.2) is 9.84 Å². The summed E-state index contributed by atoms with van der Waals surface area (Å²) in [6.45, 7) is 0. The standard InChI is InChI=1S/C13H11BrN2O4S/c14-13-9(3-1-6-12(13)16(17)18)8-21(19,20)11-5-2-4-10(15)7-11/h1-7H,8,15H2. The number of nitrogens with two attached hydrogens (primary N) is 1. The maximum Gasteiger partial charge on any atom is 0.283 e. The van der Waals surface area contributed by atoms with Crippen molar-refractivity contribution in [3.63, 3.8) is 0 Å². The van der Waals surface area contributed by atoms with Crippen LogP contribution >= 0.6 is 15.9 Å². The molecule has 0 amide bonds. The van der Waals surface area contributed by atoms with Gasteiger partial charge in [-0.15, -0.1) is 0 Å². The van der Waals surface area contributed by atoms with Gasteiger partial charge in [0, 0.05) is 11.8 Å². The predicted molar refractivity (Wildman–Crippen MR) is 82.5 cm³/mol. The molecule has 2 aromatic rings. The minimum atomic E-state index is -3.63. The minimum Gasteiger partial charge on any atom is -0.399 e. The number of nitro benzene ring substituents is 1. The second-order valence-corrected chi connectivity index (χ2v) is 7.12. The van der Waals surface area contributed by atoms with Gasteiger partial charge in [-0.1, -0.05) is 18.2 Å². The first-order valence-electron chi connectivity index (χ1n) is 5.81. The maximum absolute atomic E-state index is 12.3. The first kappa shape index (κ1) is 15.5. The molecule has 2 aromatic carbocycles. The van der Waals surface area contributed by atoms with Gasteiger partial charge in [-0.3, -0.25) is 10.1 Å². The molecule has 0 saturated heterocycles. The number of benzene rings is 2. The lowest BCUT2D eigenvalue weighted by Crippen LogP contribution is -2.06. The molecule has 0 aliphatic heterocycles. The van der Waals surface area contributed by atoms with Crippen LogP contribution in [0.1, 0.15) is 5.56 Å². The molecule has 0 aromatic heterocycles. The van der Waals surface area contributed by atoms with E-state index < -0.39 is 14.8 Å². The largest absolute Gasteiger partial charge is 0.399 e. The summed E-state index contributed by atoms with van der Waals surface area (Å²) in [4.78, 5) is 10.4. The Hall–Kier alpha value is -1.93. The molecule has 110 valence electrons. The fourth-order valence-electron chi connectivity index (χ4n) is 1.81. The Bertz CT molecular complexity index is 806. The van der Waals surface area contributed by atoms with Gasteiger partial charge >= 0.3 is 0 Å². The highest BCUT2D eigenvalue weighted by atomic mass is 79.9. The van der Waals surface area contributed by atoms with E-state index in [1.165, 1.54) is 30.3 Å². The Morgan fingerprint density at radius 3 is 2.48 bits per heavy atom. The average Bonchev–Trinajstić information content (AvgIpc) is 2.40. The molecule has 0 bridgehead atoms. The number of halogens is 1. The molecule has 0 aliphatic carbocycles. The molecule has 6 nitrogen and oxygen atoms in total. The minimum absolute atomic E-state index is 0.0842. The van der Waals surface area contributed by atoms with Crippen molar-refractivity contribution in [3.8, 4) is 0 Å². The zero-order valence-corrected chi connectivity index (χ0v) is 13.1. The van der Waals surface area contributed by atoms with E-state index in [9.17, 15) is 18.5 Å². The summed E-state index contributed by atoms with van der Waals surface area (Å²) in [6, 6.07) is 10.2. The number of nitrogen functional groups attached to an aromatic ring is 1. The summed E-state index contributed by atoms with van der Waals surface area (Å²) >= 11 is 3.09. The third-order valence-corrected chi connectivity index (χ3v) is 5.40. The SMILES string of the molecule is Nc1cccc(S(=O)(=O)Cc2cccc([N+](=O)[O-])c2Br)c1. The van der Waals surface area contributed by atoms with Crippen LogP contribution in [0.5, 0.6) is 0 Å². The molecule has 0 spiro atoms. The summed E-state index contributed by atoms with van der Waals surface area (Å²) < 4.78 is 24.9. The second kappa shape index (κ2) is 5.82. The molecule has 0 atom stereocenters. The van der Waals surface area contributed by atoms with Crippen molar-refractivity contribution in [2.24, 2.45) is 0 Å². The smallest absolute Gasteiger partial charge is 0.283 e. The summed E-state index contributed by atoms with van der Waals surface area (Å²) in [5.74, 6) is -0.348. The van der Waals surface area contributed by atoms with E-state index in [0.717, 1.165) is 0 Å². The van der Waals surface area contributed by atoms with Crippen molar-refractivity contribution in [1.29, 1.82) is 0 Å². The third-order valence-electron chi connectivity index (χ3n) is 2.82. The Kier molecular flexibility index (Phi) is 4.29. The first-order valence-corrected chi connectivity index (χ1v) is 8.26. The number of rotatable bonds is 4. The third kappa shape index (κ3) is 3.40. The Labute approximate surface area is 129 Å². The fourth-order valence-corrected chi connectivity index (χ4v) is 3.97. The lowest BCUT2D eigenvalue weighted by molar-refractivity contribution is -0.385. The predicted octanol–water partition coefficient (Wildman–Crippen LogP) is 2.91. The van der Waals surface area contributed by atoms with E-state index in [1.807, 2.05) is 0 Å². The molecule has 8 heteroatoms. The number of hydrogen-bond acceptors (Lipinski definition) is 5. The number of nitro groups is 1. The highest BCUT2D eigenvalue weighted by molar-refractivity contribution is 9.10. The molecule has 0 unspecified atom stereocenters. The van der Waals surface area contributed by atoms with E-state index in [-0.39, 0.29) is 20.8 Å². The average molecular weight is 371 g/mol. The molecule has 0 aliphatic rings. The molecule has 21 heavy (non-hydrogen) atoms. The van der Waals surface area contributed by atoms with Crippen LogP contribution < -0.4 is 5.73 Å². The monoisotopic (exact) mass is 370 g/mol. The number of hydrogen-bond donors (Lipinski definition) is 1. The first-order chi connectivity index (χ1) is 9.81. The number of sulfone groups is 1. The van der Waals surface area contributed by atoms with Gasteiger partial charge in [-0.25, -0.2) is 8.42 Å². The van der Waals surface area contributed by atoms with Crippen LogP contribution in [0, 0.1) is 10.1 Å². The fraction of sp³-hybridized carbons (Fsp3) is 0.0769. The molecular weight excluding hydrogens is 360 g/mol. The van der Waals surface area contributed by atoms with Crippen molar-refractivity contribution >= 4 is 37.1 Å². The van der Waals surface area contributed by atoms with Crippen LogP contribution in [-0.2, 0) is 15.6 Å². The van der Waals surface area contributed by atoms with Gasteiger partial charge in [-0.05, 0) is 39.7 Å². The van der Waals surface area contributed by atoms with Crippen molar-refractivity contribution in [2.75, 3.05) is 5.73 Å². The highest BCUT2D eigenvalue weighted by Gasteiger charge is 2.21. The van der Waals surface area contributed by atoms with Crippen LogP contribution in [0.2, 0.25) is 0 Å². The Morgan fingerprint density at radius 2 is 1.86 bits per heavy atom. The quantitative estimate of drug-likeness (QED) is 0.506. The topological polar surface area (TPSA) is 103 Å². The van der Waals surface area contributed by atoms with Crippen LogP contribution in [-0.4, -0.2) is 13.3 Å². The summed E-state index contributed by atoms with van der Waals surface area (Å²) in [6.07, 6.45) is 0. The van der Waals surface area contributed by atoms with Crippen molar-refractivity contribution < 1.29 is 13.3 Å². The van der Waals surface area contributed by atoms with E-state index in [4.69, 9.17) is 5.73 Å². The van der Waals surface area contributed by atoms with E-state index in [1.54, 1.807) is 12.1 Å². The Morgan fingerprint density at radius 1 is 1.19 bits per heavy atom. The molecular formula is C13H11BrN2O4S. The normalized spacial score (nSPS) is 11.3. The zero-order valence-electron chi connectivity index (χ0n) is 10.7. The van der Waals surface area contributed by atoms with Gasteiger partial charge in [0.25, 0.3) is 5.69 Å². The summed E-state index contributed by atoms with van der Waals surface area (Å²) in [5, 5.41) is 10.9. The lowest BCUT2D eigenvalue weighted by atomic mass is 10.2. The Balaban J connectivity index is 2.42. The zero-order chi connectivity index (χ0) is 15.6.